The van der Waals surface area contributed by atoms with Gasteiger partial charge in [0.05, 0.1) is 5.69 Å². The predicted molar refractivity (Wildman–Crippen MR) is 117 cm³/mol. The van der Waals surface area contributed by atoms with Crippen molar-refractivity contribution in [3.63, 3.8) is 0 Å². The van der Waals surface area contributed by atoms with E-state index in [2.05, 4.69) is 5.32 Å². The Morgan fingerprint density at radius 2 is 1.72 bits per heavy atom. The van der Waals surface area contributed by atoms with Crippen molar-refractivity contribution in [1.29, 1.82) is 0 Å². The van der Waals surface area contributed by atoms with Gasteiger partial charge in [0.15, 0.2) is 0 Å². The predicted octanol–water partition coefficient (Wildman–Crippen LogP) is 5.32. The molecule has 0 bridgehead atoms. The highest BCUT2D eigenvalue weighted by Gasteiger charge is 2.46. The number of ether oxygens (including phenoxy) is 1. The van der Waals surface area contributed by atoms with E-state index in [-0.39, 0.29) is 12.5 Å². The number of nitrogens with zero attached hydrogens (tertiary/aromatic N) is 1. The fourth-order valence-corrected chi connectivity index (χ4v) is 4.68. The lowest BCUT2D eigenvalue weighted by molar-refractivity contribution is -0.122. The second-order valence-electron chi connectivity index (χ2n) is 8.69. The molecular weight excluding hydrogens is 384 g/mol. The molecule has 2 aromatic carbocycles. The molecule has 1 atom stereocenters. The number of thioether (sulfide) groups is 1. The number of anilines is 1. The summed E-state index contributed by atoms with van der Waals surface area (Å²) in [6.07, 6.45) is -0.499. The molecule has 0 saturated heterocycles. The Morgan fingerprint density at radius 3 is 2.38 bits per heavy atom. The molecule has 0 spiro atoms. The Bertz CT molecular complexity index is 890. The van der Waals surface area contributed by atoms with Crippen LogP contribution in [0.4, 0.5) is 10.5 Å². The summed E-state index contributed by atoms with van der Waals surface area (Å²) < 4.78 is 5.12. The fourth-order valence-electron chi connectivity index (χ4n) is 3.39. The second-order valence-corrected chi connectivity index (χ2v) is 10.4. The number of benzene rings is 2. The van der Waals surface area contributed by atoms with E-state index < -0.39 is 22.5 Å². The number of rotatable bonds is 3. The minimum atomic E-state index is -0.713. The zero-order chi connectivity index (χ0) is 21.2. The topological polar surface area (TPSA) is 58.6 Å². The van der Waals surface area contributed by atoms with Crippen molar-refractivity contribution in [2.75, 3.05) is 5.32 Å². The van der Waals surface area contributed by atoms with Gasteiger partial charge in [0, 0.05) is 16.2 Å². The van der Waals surface area contributed by atoms with Crippen molar-refractivity contribution in [3.8, 4) is 0 Å². The molecule has 2 aromatic rings. The molecule has 1 heterocycles. The zero-order valence-corrected chi connectivity index (χ0v) is 18.4. The molecule has 0 radical (unpaired) electrons. The molecule has 0 aromatic heterocycles. The van der Waals surface area contributed by atoms with Gasteiger partial charge in [-0.1, -0.05) is 42.5 Å². The van der Waals surface area contributed by atoms with Crippen LogP contribution < -0.4 is 5.32 Å². The third kappa shape index (κ3) is 5.12. The van der Waals surface area contributed by atoms with Crippen molar-refractivity contribution >= 4 is 29.4 Å². The maximum Gasteiger partial charge on any atom is 0.411 e. The van der Waals surface area contributed by atoms with Crippen LogP contribution in [0.15, 0.2) is 59.5 Å². The van der Waals surface area contributed by atoms with E-state index in [0.29, 0.717) is 0 Å². The SMILES string of the molecule is CC(C)(C)OC(=O)N(Cc1ccccc1)[C@@H]1C(=O)Nc2ccccc2SC1(C)C. The Hall–Kier alpha value is -2.47. The second kappa shape index (κ2) is 8.11. The molecule has 0 fully saturated rings. The molecule has 29 heavy (non-hydrogen) atoms. The summed E-state index contributed by atoms with van der Waals surface area (Å²) in [6, 6.07) is 16.7. The first-order chi connectivity index (χ1) is 13.6. The van der Waals surface area contributed by atoms with Crippen LogP contribution in [0.25, 0.3) is 0 Å². The summed E-state index contributed by atoms with van der Waals surface area (Å²) in [5.74, 6) is -0.214. The van der Waals surface area contributed by atoms with E-state index in [4.69, 9.17) is 4.74 Å². The third-order valence-corrected chi connectivity index (χ3v) is 5.89. The van der Waals surface area contributed by atoms with E-state index in [9.17, 15) is 9.59 Å². The van der Waals surface area contributed by atoms with Crippen LogP contribution in [0.5, 0.6) is 0 Å². The number of carbonyl (C=O) groups is 2. The number of para-hydroxylation sites is 1. The summed E-state index contributed by atoms with van der Waals surface area (Å²) in [6.45, 7) is 9.75. The van der Waals surface area contributed by atoms with Crippen molar-refractivity contribution in [3.05, 3.63) is 60.2 Å². The van der Waals surface area contributed by atoms with Crippen LogP contribution in [-0.4, -0.2) is 33.3 Å². The average Bonchev–Trinajstić information content (AvgIpc) is 2.71. The highest BCUT2D eigenvalue weighted by Crippen LogP contribution is 2.44. The number of fused-ring (bicyclic) bond motifs is 1. The van der Waals surface area contributed by atoms with Gasteiger partial charge in [-0.3, -0.25) is 9.69 Å². The summed E-state index contributed by atoms with van der Waals surface area (Å²) in [7, 11) is 0. The zero-order valence-electron chi connectivity index (χ0n) is 17.6. The average molecular weight is 413 g/mol. The van der Waals surface area contributed by atoms with E-state index >= 15 is 0 Å². The van der Waals surface area contributed by atoms with Crippen molar-refractivity contribution in [2.45, 2.75) is 62.4 Å². The van der Waals surface area contributed by atoms with Gasteiger partial charge in [-0.2, -0.15) is 0 Å². The molecule has 0 unspecified atom stereocenters. The van der Waals surface area contributed by atoms with E-state index in [0.717, 1.165) is 16.1 Å². The lowest BCUT2D eigenvalue weighted by Crippen LogP contribution is -2.56. The first kappa shape index (κ1) is 21.2. The van der Waals surface area contributed by atoms with Gasteiger partial charge in [-0.05, 0) is 52.3 Å². The Balaban J connectivity index is 2.01. The molecular formula is C23H28N2O3S. The first-order valence-corrected chi connectivity index (χ1v) is 10.5. The van der Waals surface area contributed by atoms with Gasteiger partial charge in [0.25, 0.3) is 0 Å². The molecule has 1 aliphatic heterocycles. The van der Waals surface area contributed by atoms with Crippen molar-refractivity contribution in [2.24, 2.45) is 0 Å². The molecule has 0 saturated carbocycles. The lowest BCUT2D eigenvalue weighted by atomic mass is 9.99. The van der Waals surface area contributed by atoms with Gasteiger partial charge in [-0.15, -0.1) is 11.8 Å². The van der Waals surface area contributed by atoms with Gasteiger partial charge in [0.2, 0.25) is 5.91 Å². The molecule has 0 aliphatic carbocycles. The lowest BCUT2D eigenvalue weighted by Gasteiger charge is -2.39. The molecule has 6 heteroatoms. The Kier molecular flexibility index (Phi) is 5.94. The maximum absolute atomic E-state index is 13.3. The molecule has 1 aliphatic rings. The summed E-state index contributed by atoms with van der Waals surface area (Å²) in [5, 5.41) is 3.00. The van der Waals surface area contributed by atoms with Crippen LogP contribution in [-0.2, 0) is 16.1 Å². The van der Waals surface area contributed by atoms with Crippen LogP contribution in [0.1, 0.15) is 40.2 Å². The molecule has 3 rings (SSSR count). The van der Waals surface area contributed by atoms with Gasteiger partial charge >= 0.3 is 6.09 Å². The van der Waals surface area contributed by atoms with E-state index in [1.54, 1.807) is 16.7 Å². The van der Waals surface area contributed by atoms with E-state index in [1.807, 2.05) is 89.2 Å². The Morgan fingerprint density at radius 1 is 1.10 bits per heavy atom. The quantitative estimate of drug-likeness (QED) is 0.742. The summed E-state index contributed by atoms with van der Waals surface area (Å²) in [4.78, 5) is 29.0. The summed E-state index contributed by atoms with van der Waals surface area (Å²) in [5.41, 5.74) is 1.05. The van der Waals surface area contributed by atoms with Gasteiger partial charge in [-0.25, -0.2) is 4.79 Å². The Labute approximate surface area is 176 Å². The highest BCUT2D eigenvalue weighted by atomic mass is 32.2. The standard InChI is InChI=1S/C23H28N2O3S/c1-22(2,3)28-21(27)25(15-16-11-7-6-8-12-16)19-20(26)24-17-13-9-10-14-18(17)29-23(19,4)5/h6-14,19H,15H2,1-5H3,(H,24,26)/t19-/m1/s1. The van der Waals surface area contributed by atoms with Crippen molar-refractivity contribution in [1.82, 2.24) is 4.90 Å². The van der Waals surface area contributed by atoms with Crippen LogP contribution >= 0.6 is 11.8 Å². The normalized spacial score (nSPS) is 18.2. The maximum atomic E-state index is 13.3. The minimum Gasteiger partial charge on any atom is -0.444 e. The van der Waals surface area contributed by atoms with Gasteiger partial charge in [0.1, 0.15) is 11.6 Å². The molecule has 5 nitrogen and oxygen atoms in total. The molecule has 1 N–H and O–H groups in total. The third-order valence-electron chi connectivity index (χ3n) is 4.56. The number of carbonyl (C=O) groups excluding carboxylic acids is 2. The molecule has 154 valence electrons. The fraction of sp³-hybridized carbons (Fsp3) is 0.391. The number of nitrogens with one attached hydrogen (secondary N) is 1. The number of hydrogen-bond acceptors (Lipinski definition) is 4. The smallest absolute Gasteiger partial charge is 0.411 e. The minimum absolute atomic E-state index is 0.214. The van der Waals surface area contributed by atoms with Crippen LogP contribution in [0.3, 0.4) is 0 Å². The van der Waals surface area contributed by atoms with Crippen LogP contribution in [0, 0.1) is 0 Å². The van der Waals surface area contributed by atoms with E-state index in [1.165, 1.54) is 0 Å². The number of amides is 2. The largest absolute Gasteiger partial charge is 0.444 e. The monoisotopic (exact) mass is 412 g/mol. The number of hydrogen-bond donors (Lipinski definition) is 1. The summed E-state index contributed by atoms with van der Waals surface area (Å²) >= 11 is 1.59. The van der Waals surface area contributed by atoms with Gasteiger partial charge < -0.3 is 10.1 Å². The van der Waals surface area contributed by atoms with Crippen LogP contribution in [0.2, 0.25) is 0 Å². The molecule has 2 amide bonds. The highest BCUT2D eigenvalue weighted by molar-refractivity contribution is 8.01. The van der Waals surface area contributed by atoms with Crippen molar-refractivity contribution < 1.29 is 14.3 Å². The first-order valence-electron chi connectivity index (χ1n) is 9.69.